The molecule has 1 fully saturated rings. The molecule has 0 radical (unpaired) electrons. The lowest BCUT2D eigenvalue weighted by Gasteiger charge is -2.36. The molecule has 0 unspecified atom stereocenters. The summed E-state index contributed by atoms with van der Waals surface area (Å²) in [7, 11) is 0. The smallest absolute Gasteiger partial charge is 0.303 e. The number of hydrogen-bond donors (Lipinski definition) is 3. The second-order valence-electron chi connectivity index (χ2n) is 12.0. The van der Waals surface area contributed by atoms with Crippen molar-refractivity contribution in [3.63, 3.8) is 0 Å². The van der Waals surface area contributed by atoms with Gasteiger partial charge in [-0.1, -0.05) is 78.3 Å². The van der Waals surface area contributed by atoms with E-state index in [1.165, 1.54) is 4.90 Å². The highest BCUT2D eigenvalue weighted by Crippen LogP contribution is 2.33. The van der Waals surface area contributed by atoms with Gasteiger partial charge in [-0.25, -0.2) is 0 Å². The molecule has 1 heterocycles. The molecule has 48 heavy (non-hydrogen) atoms. The molecule has 1 aliphatic rings. The zero-order valence-electron chi connectivity index (χ0n) is 26.5. The van der Waals surface area contributed by atoms with Crippen LogP contribution in [0.15, 0.2) is 91.0 Å². The predicted molar refractivity (Wildman–Crippen MR) is 183 cm³/mol. The first-order valence-corrected chi connectivity index (χ1v) is 16.1. The van der Waals surface area contributed by atoms with E-state index in [4.69, 9.17) is 22.4 Å². The topological polar surface area (TPSA) is 150 Å². The Morgan fingerprint density at radius 3 is 2.38 bits per heavy atom. The van der Waals surface area contributed by atoms with Crippen molar-refractivity contribution in [1.29, 1.82) is 0 Å². The summed E-state index contributed by atoms with van der Waals surface area (Å²) < 4.78 is 0. The molecule has 1 aliphatic heterocycles. The number of nitrogens with zero attached hydrogens (tertiary/aromatic N) is 2. The zero-order valence-corrected chi connectivity index (χ0v) is 27.2. The minimum Gasteiger partial charge on any atom is -0.481 e. The lowest BCUT2D eigenvalue weighted by atomic mass is 9.96. The van der Waals surface area contributed by atoms with Crippen molar-refractivity contribution in [3.05, 3.63) is 113 Å². The van der Waals surface area contributed by atoms with Gasteiger partial charge in [0.15, 0.2) is 0 Å². The van der Waals surface area contributed by atoms with Gasteiger partial charge >= 0.3 is 5.97 Å². The van der Waals surface area contributed by atoms with Crippen LogP contribution in [0.3, 0.4) is 0 Å². The summed E-state index contributed by atoms with van der Waals surface area (Å²) in [5, 5.41) is 13.8. The van der Waals surface area contributed by atoms with Gasteiger partial charge in [0.05, 0.1) is 12.8 Å². The number of anilines is 1. The van der Waals surface area contributed by atoms with Gasteiger partial charge in [0.25, 0.3) is 5.91 Å². The van der Waals surface area contributed by atoms with Gasteiger partial charge < -0.3 is 26.0 Å². The number of benzene rings is 4. The number of carboxylic acids is 1. The van der Waals surface area contributed by atoms with Crippen molar-refractivity contribution in [2.45, 2.75) is 57.2 Å². The highest BCUT2D eigenvalue weighted by Gasteiger charge is 2.43. The molecule has 5 rings (SSSR count). The Balaban J connectivity index is 1.43. The SMILES string of the molecule is C[C@@H]1CCN([C@H](Cc2cccc3ccccc23)C(N)=O)C(=O)[C@H](c2cccc(Cl)c2)N1C(=O)Cc1ccc(NC(=O)CCC(=O)O)cc1. The van der Waals surface area contributed by atoms with Crippen LogP contribution in [0.25, 0.3) is 10.8 Å². The van der Waals surface area contributed by atoms with Crippen LogP contribution < -0.4 is 11.1 Å². The average Bonchev–Trinajstić information content (AvgIpc) is 3.18. The van der Waals surface area contributed by atoms with Crippen LogP contribution >= 0.6 is 11.6 Å². The number of fused-ring (bicyclic) bond motifs is 1. The Labute approximate surface area is 283 Å². The molecule has 0 aromatic heterocycles. The van der Waals surface area contributed by atoms with E-state index in [9.17, 15) is 24.0 Å². The Hall–Kier alpha value is -5.22. The summed E-state index contributed by atoms with van der Waals surface area (Å²) in [6, 6.07) is 24.8. The van der Waals surface area contributed by atoms with Crippen molar-refractivity contribution < 1.29 is 29.1 Å². The van der Waals surface area contributed by atoms with Gasteiger partial charge in [-0.2, -0.15) is 0 Å². The third-order valence-electron chi connectivity index (χ3n) is 8.67. The number of halogens is 1. The van der Waals surface area contributed by atoms with Crippen LogP contribution in [0.2, 0.25) is 5.02 Å². The highest BCUT2D eigenvalue weighted by molar-refractivity contribution is 6.30. The Morgan fingerprint density at radius 2 is 1.67 bits per heavy atom. The first kappa shape index (κ1) is 34.1. The minimum absolute atomic E-state index is 0.0306. The van der Waals surface area contributed by atoms with Crippen molar-refractivity contribution in [2.75, 3.05) is 11.9 Å². The van der Waals surface area contributed by atoms with Crippen molar-refractivity contribution in [3.8, 4) is 0 Å². The molecule has 0 saturated carbocycles. The van der Waals surface area contributed by atoms with Gasteiger partial charge in [0.1, 0.15) is 12.1 Å². The molecule has 4 aromatic carbocycles. The van der Waals surface area contributed by atoms with E-state index in [-0.39, 0.29) is 44.2 Å². The van der Waals surface area contributed by atoms with Gasteiger partial charge in [0.2, 0.25) is 17.7 Å². The van der Waals surface area contributed by atoms with E-state index in [2.05, 4.69) is 5.32 Å². The van der Waals surface area contributed by atoms with Crippen LogP contribution in [0, 0.1) is 0 Å². The third-order valence-corrected chi connectivity index (χ3v) is 8.90. The molecule has 1 saturated heterocycles. The summed E-state index contributed by atoms with van der Waals surface area (Å²) in [4.78, 5) is 67.7. The highest BCUT2D eigenvalue weighted by atomic mass is 35.5. The maximum atomic E-state index is 14.6. The summed E-state index contributed by atoms with van der Waals surface area (Å²) in [5.74, 6) is -2.84. The summed E-state index contributed by atoms with van der Waals surface area (Å²) >= 11 is 6.38. The fourth-order valence-electron chi connectivity index (χ4n) is 6.24. The van der Waals surface area contributed by atoms with Crippen LogP contribution in [0.1, 0.15) is 48.9 Å². The summed E-state index contributed by atoms with van der Waals surface area (Å²) in [6.45, 7) is 2.10. The monoisotopic (exact) mass is 668 g/mol. The Bertz CT molecular complexity index is 1840. The third kappa shape index (κ3) is 8.01. The average molecular weight is 669 g/mol. The molecule has 248 valence electrons. The maximum Gasteiger partial charge on any atom is 0.303 e. The summed E-state index contributed by atoms with van der Waals surface area (Å²) in [6.07, 6.45) is 0.162. The van der Waals surface area contributed by atoms with E-state index in [0.29, 0.717) is 28.3 Å². The van der Waals surface area contributed by atoms with Crippen LogP contribution in [-0.2, 0) is 36.8 Å². The fourth-order valence-corrected chi connectivity index (χ4v) is 6.44. The normalized spacial score (nSPS) is 17.1. The maximum absolute atomic E-state index is 14.6. The van der Waals surface area contributed by atoms with Crippen molar-refractivity contribution >= 4 is 57.7 Å². The number of hydrogen-bond acceptors (Lipinski definition) is 5. The molecule has 4 N–H and O–H groups in total. The largest absolute Gasteiger partial charge is 0.481 e. The number of nitrogens with two attached hydrogens (primary N) is 1. The van der Waals surface area contributed by atoms with Crippen LogP contribution in [-0.4, -0.2) is 63.1 Å². The number of nitrogens with one attached hydrogen (secondary N) is 1. The predicted octanol–water partition coefficient (Wildman–Crippen LogP) is 5.13. The van der Waals surface area contributed by atoms with E-state index in [1.807, 2.05) is 49.4 Å². The zero-order chi connectivity index (χ0) is 34.4. The fraction of sp³-hybridized carbons (Fsp3) is 0.270. The molecule has 4 aromatic rings. The molecule has 0 spiro atoms. The minimum atomic E-state index is -1.06. The number of aliphatic carboxylic acids is 1. The van der Waals surface area contributed by atoms with Crippen molar-refractivity contribution in [1.82, 2.24) is 9.80 Å². The van der Waals surface area contributed by atoms with Gasteiger partial charge in [0, 0.05) is 36.1 Å². The number of primary amides is 1. The van der Waals surface area contributed by atoms with Gasteiger partial charge in [-0.3, -0.25) is 24.0 Å². The first-order chi connectivity index (χ1) is 23.0. The number of amides is 4. The standard InChI is InChI=1S/C37H37ClN4O6/c1-23-18-19-41(31(36(39)47)22-26-8-4-7-25-6-2-3-11-30(25)26)37(48)35(27-9-5-10-28(38)21-27)42(23)33(44)20-24-12-14-29(15-13-24)40-32(43)16-17-34(45)46/h2-15,21,23,31,35H,16-20,22H2,1H3,(H2,39,47)(H,40,43)(H,45,46)/t23-,31-,35+/m1/s1. The summed E-state index contributed by atoms with van der Waals surface area (Å²) in [5.41, 5.74) is 8.52. The molecule has 11 heteroatoms. The lowest BCUT2D eigenvalue weighted by Crippen LogP contribution is -2.52. The molecule has 10 nitrogen and oxygen atoms in total. The Kier molecular flexibility index (Phi) is 10.8. The second-order valence-corrected chi connectivity index (χ2v) is 12.4. The number of carbonyl (C=O) groups is 5. The Morgan fingerprint density at radius 1 is 0.958 bits per heavy atom. The second kappa shape index (κ2) is 15.1. The van der Waals surface area contributed by atoms with Crippen LogP contribution in [0.5, 0.6) is 0 Å². The van der Waals surface area contributed by atoms with Gasteiger partial charge in [-0.05, 0) is 65.1 Å². The molecular formula is C37H37ClN4O6. The van der Waals surface area contributed by atoms with Crippen molar-refractivity contribution in [2.24, 2.45) is 5.73 Å². The van der Waals surface area contributed by atoms with E-state index in [0.717, 1.165) is 16.3 Å². The van der Waals surface area contributed by atoms with E-state index < -0.39 is 35.8 Å². The van der Waals surface area contributed by atoms with Crippen LogP contribution in [0.4, 0.5) is 5.69 Å². The molecule has 0 bridgehead atoms. The number of rotatable bonds is 11. The molecule has 3 atom stereocenters. The lowest BCUT2D eigenvalue weighted by molar-refractivity contribution is -0.148. The van der Waals surface area contributed by atoms with E-state index in [1.54, 1.807) is 53.4 Å². The first-order valence-electron chi connectivity index (χ1n) is 15.8. The number of carbonyl (C=O) groups excluding carboxylic acids is 4. The molecular weight excluding hydrogens is 632 g/mol. The van der Waals surface area contributed by atoms with Gasteiger partial charge in [-0.15, -0.1) is 0 Å². The van der Waals surface area contributed by atoms with E-state index >= 15 is 0 Å². The molecule has 0 aliphatic carbocycles. The quantitative estimate of drug-likeness (QED) is 0.202. The molecule has 4 amide bonds. The number of carboxylic acid groups (broad SMARTS) is 1.